The Bertz CT molecular complexity index is 383. The Balaban J connectivity index is 1.69. The van der Waals surface area contributed by atoms with Crippen molar-refractivity contribution in [2.75, 3.05) is 0 Å². The third-order valence-electron chi connectivity index (χ3n) is 3.30. The van der Waals surface area contributed by atoms with E-state index in [-0.39, 0.29) is 12.6 Å². The molecule has 0 radical (unpaired) electrons. The molecular formula is C12H20N2O3. The lowest BCUT2D eigenvalue weighted by atomic mass is 10.2. The maximum atomic E-state index is 11.3. The number of aryl methyl sites for hydroxylation is 1. The average Bonchev–Trinajstić information content (AvgIpc) is 2.49. The highest BCUT2D eigenvalue weighted by Gasteiger charge is 2.25. The molecule has 0 amide bonds. The van der Waals surface area contributed by atoms with Crippen LogP contribution in [0.2, 0.25) is 0 Å². The van der Waals surface area contributed by atoms with Gasteiger partial charge in [-0.15, -0.1) is 0 Å². The van der Waals surface area contributed by atoms with Gasteiger partial charge in [-0.3, -0.25) is 0 Å². The minimum absolute atomic E-state index is 0.0121. The topological polar surface area (TPSA) is 50.3 Å². The molecule has 0 spiro atoms. The molecule has 1 saturated heterocycles. The SMILES string of the molecule is Cc1c(C)[n+]([O-])cn1CCCCC1OC(C)O1. The van der Waals surface area contributed by atoms with E-state index < -0.39 is 0 Å². The Labute approximate surface area is 102 Å². The molecular weight excluding hydrogens is 220 g/mol. The van der Waals surface area contributed by atoms with E-state index in [0.29, 0.717) is 0 Å². The van der Waals surface area contributed by atoms with Gasteiger partial charge >= 0.3 is 0 Å². The van der Waals surface area contributed by atoms with Crippen LogP contribution in [0.3, 0.4) is 0 Å². The van der Waals surface area contributed by atoms with Gasteiger partial charge in [-0.25, -0.2) is 9.30 Å². The second-order valence-corrected chi connectivity index (χ2v) is 4.57. The van der Waals surface area contributed by atoms with Gasteiger partial charge in [0.25, 0.3) is 0 Å². The number of unbranched alkanes of at least 4 members (excludes halogenated alkanes) is 1. The third kappa shape index (κ3) is 2.79. The van der Waals surface area contributed by atoms with E-state index in [4.69, 9.17) is 9.47 Å². The molecule has 2 rings (SSSR count). The average molecular weight is 240 g/mol. The van der Waals surface area contributed by atoms with E-state index in [9.17, 15) is 5.21 Å². The smallest absolute Gasteiger partial charge is 0.247 e. The Morgan fingerprint density at radius 1 is 1.35 bits per heavy atom. The zero-order chi connectivity index (χ0) is 12.4. The highest BCUT2D eigenvalue weighted by atomic mass is 16.9. The standard InChI is InChI=1S/C12H20N2O3/c1-9-10(2)14(15)8-13(9)7-5-4-6-12-16-11(3)17-12/h8,11-12H,4-7H2,1-3H3. The second-order valence-electron chi connectivity index (χ2n) is 4.57. The van der Waals surface area contributed by atoms with Crippen molar-refractivity contribution in [3.63, 3.8) is 0 Å². The molecule has 1 aliphatic heterocycles. The molecule has 1 aromatic rings. The fraction of sp³-hybridized carbons (Fsp3) is 0.750. The van der Waals surface area contributed by atoms with Gasteiger partial charge in [-0.2, -0.15) is 0 Å². The molecule has 2 heterocycles. The molecule has 0 aromatic carbocycles. The van der Waals surface area contributed by atoms with Crippen LogP contribution < -0.4 is 4.73 Å². The molecule has 0 aliphatic carbocycles. The first-order chi connectivity index (χ1) is 8.08. The summed E-state index contributed by atoms with van der Waals surface area (Å²) in [7, 11) is 0. The predicted octanol–water partition coefficient (Wildman–Crippen LogP) is 1.63. The molecule has 0 bridgehead atoms. The lowest BCUT2D eigenvalue weighted by molar-refractivity contribution is -0.611. The molecule has 0 saturated carbocycles. The van der Waals surface area contributed by atoms with Gasteiger partial charge in [0.1, 0.15) is 11.4 Å². The van der Waals surface area contributed by atoms with E-state index in [0.717, 1.165) is 41.9 Å². The molecule has 96 valence electrons. The first-order valence-electron chi connectivity index (χ1n) is 6.14. The van der Waals surface area contributed by atoms with Gasteiger partial charge in [0, 0.05) is 13.8 Å². The van der Waals surface area contributed by atoms with Crippen LogP contribution in [0.5, 0.6) is 0 Å². The Morgan fingerprint density at radius 3 is 2.59 bits per heavy atom. The summed E-state index contributed by atoms with van der Waals surface area (Å²) in [6.07, 6.45) is 4.58. The van der Waals surface area contributed by atoms with E-state index in [1.54, 1.807) is 6.33 Å². The summed E-state index contributed by atoms with van der Waals surface area (Å²) in [4.78, 5) is 0. The summed E-state index contributed by atoms with van der Waals surface area (Å²) in [5, 5.41) is 11.3. The molecule has 0 unspecified atom stereocenters. The number of hydrogen-bond donors (Lipinski definition) is 0. The van der Waals surface area contributed by atoms with Crippen molar-refractivity contribution < 1.29 is 14.2 Å². The van der Waals surface area contributed by atoms with Crippen LogP contribution in [-0.4, -0.2) is 17.1 Å². The van der Waals surface area contributed by atoms with Gasteiger partial charge < -0.3 is 14.7 Å². The normalized spacial score (nSPS) is 23.7. The molecule has 5 heteroatoms. The molecule has 0 N–H and O–H groups in total. The summed E-state index contributed by atoms with van der Waals surface area (Å²) >= 11 is 0. The number of aromatic nitrogens is 2. The summed E-state index contributed by atoms with van der Waals surface area (Å²) < 4.78 is 13.6. The summed E-state index contributed by atoms with van der Waals surface area (Å²) in [6, 6.07) is 0. The first kappa shape index (κ1) is 12.4. The number of rotatable bonds is 5. The lowest BCUT2D eigenvalue weighted by Gasteiger charge is -2.33. The van der Waals surface area contributed by atoms with Gasteiger partial charge in [0.15, 0.2) is 12.6 Å². The van der Waals surface area contributed by atoms with Crippen molar-refractivity contribution in [2.24, 2.45) is 0 Å². The quantitative estimate of drug-likeness (QED) is 0.446. The predicted molar refractivity (Wildman–Crippen MR) is 62.1 cm³/mol. The largest absolute Gasteiger partial charge is 0.711 e. The van der Waals surface area contributed by atoms with Crippen LogP contribution in [0.4, 0.5) is 0 Å². The second kappa shape index (κ2) is 5.06. The van der Waals surface area contributed by atoms with Crippen LogP contribution >= 0.6 is 0 Å². The minimum Gasteiger partial charge on any atom is -0.711 e. The summed E-state index contributed by atoms with van der Waals surface area (Å²) in [5.74, 6) is 0. The monoisotopic (exact) mass is 240 g/mol. The Kier molecular flexibility index (Phi) is 3.69. The van der Waals surface area contributed by atoms with Crippen LogP contribution in [0, 0.1) is 19.1 Å². The van der Waals surface area contributed by atoms with Crippen LogP contribution in [0.1, 0.15) is 37.6 Å². The lowest BCUT2D eigenvalue weighted by Crippen LogP contribution is -2.38. The third-order valence-corrected chi connectivity index (χ3v) is 3.30. The first-order valence-corrected chi connectivity index (χ1v) is 6.14. The fourth-order valence-corrected chi connectivity index (χ4v) is 2.06. The van der Waals surface area contributed by atoms with Gasteiger partial charge in [0.2, 0.25) is 6.33 Å². The number of hydrogen-bond acceptors (Lipinski definition) is 3. The number of ether oxygens (including phenoxy) is 2. The Morgan fingerprint density at radius 2 is 2.06 bits per heavy atom. The Hall–Kier alpha value is -1.07. The van der Waals surface area contributed by atoms with E-state index in [1.807, 2.05) is 25.3 Å². The van der Waals surface area contributed by atoms with Crippen molar-refractivity contribution >= 4 is 0 Å². The fourth-order valence-electron chi connectivity index (χ4n) is 2.06. The van der Waals surface area contributed by atoms with Crippen LogP contribution in [0.25, 0.3) is 0 Å². The van der Waals surface area contributed by atoms with Crippen LogP contribution in [-0.2, 0) is 16.0 Å². The maximum Gasteiger partial charge on any atom is 0.247 e. The molecule has 0 atom stereocenters. The zero-order valence-corrected chi connectivity index (χ0v) is 10.7. The minimum atomic E-state index is -0.0336. The molecule has 5 nitrogen and oxygen atoms in total. The van der Waals surface area contributed by atoms with Crippen molar-refractivity contribution in [2.45, 2.75) is 59.2 Å². The zero-order valence-electron chi connectivity index (χ0n) is 10.7. The van der Waals surface area contributed by atoms with Gasteiger partial charge in [0.05, 0.1) is 6.54 Å². The van der Waals surface area contributed by atoms with Crippen molar-refractivity contribution in [1.29, 1.82) is 0 Å². The number of imidazole rings is 1. The van der Waals surface area contributed by atoms with Crippen molar-refractivity contribution in [3.8, 4) is 0 Å². The molecule has 1 aromatic heterocycles. The summed E-state index contributed by atoms with van der Waals surface area (Å²) in [5.41, 5.74) is 1.83. The van der Waals surface area contributed by atoms with Crippen molar-refractivity contribution in [3.05, 3.63) is 22.9 Å². The van der Waals surface area contributed by atoms with E-state index in [1.165, 1.54) is 0 Å². The number of nitrogens with zero attached hydrogens (tertiary/aromatic N) is 2. The van der Waals surface area contributed by atoms with Gasteiger partial charge in [-0.05, 0) is 26.2 Å². The van der Waals surface area contributed by atoms with Crippen molar-refractivity contribution in [1.82, 2.24) is 4.57 Å². The highest BCUT2D eigenvalue weighted by molar-refractivity contribution is 5.02. The van der Waals surface area contributed by atoms with Crippen LogP contribution in [0.15, 0.2) is 6.33 Å². The van der Waals surface area contributed by atoms with Gasteiger partial charge in [-0.1, -0.05) is 0 Å². The highest BCUT2D eigenvalue weighted by Crippen LogP contribution is 2.20. The van der Waals surface area contributed by atoms with E-state index in [2.05, 4.69) is 0 Å². The molecule has 1 aliphatic rings. The maximum absolute atomic E-state index is 11.3. The van der Waals surface area contributed by atoms with E-state index >= 15 is 0 Å². The molecule has 17 heavy (non-hydrogen) atoms. The summed E-state index contributed by atoms with van der Waals surface area (Å²) in [6.45, 7) is 6.60. The molecule has 1 fully saturated rings.